The second kappa shape index (κ2) is 7.79. The molecule has 0 saturated carbocycles. The SMILES string of the molecule is COc1ccc(-c2cc(CNC(=O)c3cnc4ccccc4n3)ncn2)cc1. The summed E-state index contributed by atoms with van der Waals surface area (Å²) in [5.74, 6) is 0.477. The molecule has 0 aliphatic carbocycles. The summed E-state index contributed by atoms with van der Waals surface area (Å²) < 4.78 is 5.17. The maximum absolute atomic E-state index is 12.4. The highest BCUT2D eigenvalue weighted by Gasteiger charge is 2.10. The van der Waals surface area contributed by atoms with Crippen LogP contribution in [0.1, 0.15) is 16.2 Å². The Bertz CT molecular complexity index is 1130. The molecule has 0 saturated heterocycles. The molecule has 1 N–H and O–H groups in total. The van der Waals surface area contributed by atoms with E-state index in [0.29, 0.717) is 11.2 Å². The molecule has 0 aliphatic heterocycles. The molecule has 28 heavy (non-hydrogen) atoms. The highest BCUT2D eigenvalue weighted by Crippen LogP contribution is 2.20. The normalized spacial score (nSPS) is 10.6. The number of nitrogens with one attached hydrogen (secondary N) is 1. The first kappa shape index (κ1) is 17.5. The molecule has 0 fully saturated rings. The fourth-order valence-corrected chi connectivity index (χ4v) is 2.74. The zero-order valence-electron chi connectivity index (χ0n) is 15.2. The molecule has 2 aromatic heterocycles. The van der Waals surface area contributed by atoms with Crippen LogP contribution in [0.4, 0.5) is 0 Å². The van der Waals surface area contributed by atoms with Crippen LogP contribution in [-0.4, -0.2) is 33.0 Å². The average molecular weight is 371 g/mol. The molecule has 0 aliphatic rings. The Balaban J connectivity index is 1.47. The maximum Gasteiger partial charge on any atom is 0.271 e. The monoisotopic (exact) mass is 371 g/mol. The average Bonchev–Trinajstić information content (AvgIpc) is 2.77. The molecule has 0 bridgehead atoms. The molecule has 0 spiro atoms. The topological polar surface area (TPSA) is 89.9 Å². The van der Waals surface area contributed by atoms with Crippen LogP contribution < -0.4 is 10.1 Å². The van der Waals surface area contributed by atoms with Gasteiger partial charge in [0.05, 0.1) is 42.3 Å². The Hall–Kier alpha value is -3.87. The van der Waals surface area contributed by atoms with Gasteiger partial charge in [0.2, 0.25) is 0 Å². The first-order valence-corrected chi connectivity index (χ1v) is 8.68. The van der Waals surface area contributed by atoms with Crippen molar-refractivity contribution in [3.8, 4) is 17.0 Å². The molecular weight excluding hydrogens is 354 g/mol. The number of amides is 1. The number of hydrogen-bond donors (Lipinski definition) is 1. The number of hydrogen-bond acceptors (Lipinski definition) is 6. The molecule has 0 unspecified atom stereocenters. The first-order chi connectivity index (χ1) is 13.7. The molecule has 0 atom stereocenters. The first-order valence-electron chi connectivity index (χ1n) is 8.68. The lowest BCUT2D eigenvalue weighted by atomic mass is 10.1. The standard InChI is InChI=1S/C21H17N5O2/c1-28-16-8-6-14(7-9-16)19-10-15(24-13-25-19)11-23-21(27)20-12-22-17-4-2-3-5-18(17)26-20/h2-10,12-13H,11H2,1H3,(H,23,27). The van der Waals surface area contributed by atoms with E-state index in [2.05, 4.69) is 25.3 Å². The van der Waals surface area contributed by atoms with Crippen molar-refractivity contribution in [1.29, 1.82) is 0 Å². The Morgan fingerprint density at radius 1 is 1.00 bits per heavy atom. The second-order valence-electron chi connectivity index (χ2n) is 6.05. The number of carbonyl (C=O) groups is 1. The number of methoxy groups -OCH3 is 1. The van der Waals surface area contributed by atoms with E-state index in [9.17, 15) is 4.79 Å². The maximum atomic E-state index is 12.4. The zero-order chi connectivity index (χ0) is 19.3. The summed E-state index contributed by atoms with van der Waals surface area (Å²) in [6.45, 7) is 0.263. The van der Waals surface area contributed by atoms with Crippen molar-refractivity contribution in [3.63, 3.8) is 0 Å². The van der Waals surface area contributed by atoms with Crippen molar-refractivity contribution in [1.82, 2.24) is 25.3 Å². The molecule has 7 heteroatoms. The lowest BCUT2D eigenvalue weighted by Crippen LogP contribution is -2.24. The van der Waals surface area contributed by atoms with Crippen molar-refractivity contribution in [2.75, 3.05) is 7.11 Å². The molecule has 7 nitrogen and oxygen atoms in total. The van der Waals surface area contributed by atoms with Gasteiger partial charge in [0.15, 0.2) is 0 Å². The minimum atomic E-state index is -0.303. The Morgan fingerprint density at radius 2 is 1.79 bits per heavy atom. The Morgan fingerprint density at radius 3 is 2.57 bits per heavy atom. The van der Waals surface area contributed by atoms with Gasteiger partial charge in [-0.05, 0) is 42.5 Å². The van der Waals surface area contributed by atoms with Crippen LogP contribution in [0, 0.1) is 0 Å². The smallest absolute Gasteiger partial charge is 0.271 e. The summed E-state index contributed by atoms with van der Waals surface area (Å²) >= 11 is 0. The molecule has 4 aromatic rings. The van der Waals surface area contributed by atoms with E-state index in [0.717, 1.165) is 22.5 Å². The molecule has 2 heterocycles. The lowest BCUT2D eigenvalue weighted by Gasteiger charge is -2.07. The van der Waals surface area contributed by atoms with Crippen LogP contribution in [0.2, 0.25) is 0 Å². The van der Waals surface area contributed by atoms with E-state index < -0.39 is 0 Å². The van der Waals surface area contributed by atoms with Gasteiger partial charge in [0.25, 0.3) is 5.91 Å². The van der Waals surface area contributed by atoms with Crippen molar-refractivity contribution < 1.29 is 9.53 Å². The van der Waals surface area contributed by atoms with Crippen LogP contribution in [0.3, 0.4) is 0 Å². The summed E-state index contributed by atoms with van der Waals surface area (Å²) in [5.41, 5.74) is 4.10. The quantitative estimate of drug-likeness (QED) is 0.580. The van der Waals surface area contributed by atoms with Gasteiger partial charge in [-0.25, -0.2) is 15.0 Å². The summed E-state index contributed by atoms with van der Waals surface area (Å²) in [6.07, 6.45) is 2.96. The van der Waals surface area contributed by atoms with Crippen molar-refractivity contribution in [2.45, 2.75) is 6.54 Å². The Kier molecular flexibility index (Phi) is 4.88. The fourth-order valence-electron chi connectivity index (χ4n) is 2.74. The predicted molar refractivity (Wildman–Crippen MR) is 105 cm³/mol. The van der Waals surface area contributed by atoms with Gasteiger partial charge < -0.3 is 10.1 Å². The van der Waals surface area contributed by atoms with Gasteiger partial charge in [-0.15, -0.1) is 0 Å². The number of aromatic nitrogens is 4. The number of carbonyl (C=O) groups excluding carboxylic acids is 1. The van der Waals surface area contributed by atoms with Gasteiger partial charge in [0.1, 0.15) is 17.8 Å². The molecular formula is C21H17N5O2. The number of rotatable bonds is 5. The van der Waals surface area contributed by atoms with Gasteiger partial charge in [0, 0.05) is 5.56 Å². The summed E-state index contributed by atoms with van der Waals surface area (Å²) in [6, 6.07) is 16.9. The van der Waals surface area contributed by atoms with E-state index in [1.165, 1.54) is 12.5 Å². The summed E-state index contributed by atoms with van der Waals surface area (Å²) in [5, 5.41) is 2.83. The van der Waals surface area contributed by atoms with Crippen LogP contribution in [0.25, 0.3) is 22.3 Å². The van der Waals surface area contributed by atoms with E-state index in [4.69, 9.17) is 4.74 Å². The van der Waals surface area contributed by atoms with E-state index >= 15 is 0 Å². The molecule has 2 aromatic carbocycles. The van der Waals surface area contributed by atoms with Gasteiger partial charge in [-0.1, -0.05) is 12.1 Å². The Labute approximate surface area is 161 Å². The third kappa shape index (κ3) is 3.78. The zero-order valence-corrected chi connectivity index (χ0v) is 15.2. The van der Waals surface area contributed by atoms with Crippen LogP contribution in [0.15, 0.2) is 67.1 Å². The third-order valence-corrected chi connectivity index (χ3v) is 4.22. The van der Waals surface area contributed by atoms with Crippen LogP contribution in [0.5, 0.6) is 5.75 Å². The third-order valence-electron chi connectivity index (χ3n) is 4.22. The molecule has 0 radical (unpaired) electrons. The molecule has 1 amide bonds. The largest absolute Gasteiger partial charge is 0.497 e. The minimum absolute atomic E-state index is 0.263. The highest BCUT2D eigenvalue weighted by atomic mass is 16.5. The predicted octanol–water partition coefficient (Wildman–Crippen LogP) is 3.03. The summed E-state index contributed by atoms with van der Waals surface area (Å²) in [7, 11) is 1.63. The van der Waals surface area contributed by atoms with Gasteiger partial charge in [-0.3, -0.25) is 9.78 Å². The number of ether oxygens (including phenoxy) is 1. The summed E-state index contributed by atoms with van der Waals surface area (Å²) in [4.78, 5) is 29.6. The molecule has 4 rings (SSSR count). The van der Waals surface area contributed by atoms with Crippen molar-refractivity contribution in [2.24, 2.45) is 0 Å². The van der Waals surface area contributed by atoms with E-state index in [-0.39, 0.29) is 18.1 Å². The van der Waals surface area contributed by atoms with Gasteiger partial charge in [-0.2, -0.15) is 0 Å². The van der Waals surface area contributed by atoms with Crippen LogP contribution >= 0.6 is 0 Å². The van der Waals surface area contributed by atoms with E-state index in [1.54, 1.807) is 7.11 Å². The number of para-hydroxylation sites is 2. The van der Waals surface area contributed by atoms with Gasteiger partial charge >= 0.3 is 0 Å². The number of benzene rings is 2. The molecule has 138 valence electrons. The number of nitrogens with zero attached hydrogens (tertiary/aromatic N) is 4. The van der Waals surface area contributed by atoms with E-state index in [1.807, 2.05) is 54.6 Å². The lowest BCUT2D eigenvalue weighted by molar-refractivity contribution is 0.0945. The van der Waals surface area contributed by atoms with Crippen molar-refractivity contribution in [3.05, 3.63) is 78.5 Å². The van der Waals surface area contributed by atoms with Crippen LogP contribution in [-0.2, 0) is 6.54 Å². The highest BCUT2D eigenvalue weighted by molar-refractivity contribution is 5.93. The fraction of sp³-hybridized carbons (Fsp3) is 0.0952. The minimum Gasteiger partial charge on any atom is -0.497 e. The second-order valence-corrected chi connectivity index (χ2v) is 6.05. The van der Waals surface area contributed by atoms with Crippen molar-refractivity contribution >= 4 is 16.9 Å². The number of fused-ring (bicyclic) bond motifs is 1.